The summed E-state index contributed by atoms with van der Waals surface area (Å²) < 4.78 is 37.6. The molecule has 1 amide bonds. The highest BCUT2D eigenvalue weighted by atomic mass is 32.2. The summed E-state index contributed by atoms with van der Waals surface area (Å²) in [6, 6.07) is 6.37. The highest BCUT2D eigenvalue weighted by molar-refractivity contribution is 7.92. The number of carbonyl (C=O) groups is 1. The minimum absolute atomic E-state index is 0.0156. The van der Waals surface area contributed by atoms with Crippen molar-refractivity contribution < 1.29 is 17.6 Å². The first-order valence-electron chi connectivity index (χ1n) is 7.36. The van der Waals surface area contributed by atoms with Gasteiger partial charge >= 0.3 is 0 Å². The van der Waals surface area contributed by atoms with Crippen molar-refractivity contribution >= 4 is 15.7 Å². The van der Waals surface area contributed by atoms with Crippen molar-refractivity contribution in [2.45, 2.75) is 44.8 Å². The molecule has 0 aliphatic heterocycles. The lowest BCUT2D eigenvalue weighted by Gasteiger charge is -2.26. The van der Waals surface area contributed by atoms with Crippen LogP contribution >= 0.6 is 0 Å². The molecular weight excluding hydrogens is 305 g/mol. The molecule has 0 fully saturated rings. The first-order valence-corrected chi connectivity index (χ1v) is 9.07. The molecule has 4 nitrogen and oxygen atoms in total. The Morgan fingerprint density at radius 1 is 1.32 bits per heavy atom. The molecule has 0 heterocycles. The van der Waals surface area contributed by atoms with E-state index >= 15 is 0 Å². The minimum Gasteiger partial charge on any atom is -0.354 e. The van der Waals surface area contributed by atoms with Crippen molar-refractivity contribution in [3.63, 3.8) is 0 Å². The van der Waals surface area contributed by atoms with Gasteiger partial charge in [-0.3, -0.25) is 4.79 Å². The van der Waals surface area contributed by atoms with Crippen molar-refractivity contribution in [1.82, 2.24) is 5.32 Å². The molecule has 1 N–H and O–H groups in total. The standard InChI is InChI=1S/C16H24FNO3S/c1-5-10-22(20,21)12(2)15(19)18-11-16(3,4)13-8-6-7-9-14(13)17/h6-9,12H,5,10-11H2,1-4H3,(H,18,19). The number of sulfone groups is 1. The maximum atomic E-state index is 13.8. The summed E-state index contributed by atoms with van der Waals surface area (Å²) in [5, 5.41) is 1.53. The number of benzene rings is 1. The maximum Gasteiger partial charge on any atom is 0.238 e. The van der Waals surface area contributed by atoms with Crippen molar-refractivity contribution in [2.24, 2.45) is 0 Å². The molecule has 1 aromatic carbocycles. The monoisotopic (exact) mass is 329 g/mol. The SMILES string of the molecule is CCCS(=O)(=O)C(C)C(=O)NCC(C)(C)c1ccccc1F. The van der Waals surface area contributed by atoms with Crippen LogP contribution in [-0.2, 0) is 20.0 Å². The van der Waals surface area contributed by atoms with E-state index in [1.54, 1.807) is 39.0 Å². The van der Waals surface area contributed by atoms with Gasteiger partial charge in [0.1, 0.15) is 11.1 Å². The van der Waals surface area contributed by atoms with Crippen LogP contribution in [0.25, 0.3) is 0 Å². The van der Waals surface area contributed by atoms with Gasteiger partial charge in [0.25, 0.3) is 0 Å². The molecule has 6 heteroatoms. The lowest BCUT2D eigenvalue weighted by molar-refractivity contribution is -0.120. The summed E-state index contributed by atoms with van der Waals surface area (Å²) in [4.78, 5) is 12.0. The third kappa shape index (κ3) is 4.53. The van der Waals surface area contributed by atoms with Crippen LogP contribution < -0.4 is 5.32 Å². The van der Waals surface area contributed by atoms with E-state index in [4.69, 9.17) is 0 Å². The number of carbonyl (C=O) groups excluding carboxylic acids is 1. The molecule has 1 unspecified atom stereocenters. The van der Waals surface area contributed by atoms with Gasteiger partial charge < -0.3 is 5.32 Å². The average molecular weight is 329 g/mol. The number of rotatable bonds is 7. The Morgan fingerprint density at radius 3 is 2.45 bits per heavy atom. The van der Waals surface area contributed by atoms with E-state index in [2.05, 4.69) is 5.32 Å². The van der Waals surface area contributed by atoms with Crippen molar-refractivity contribution in [1.29, 1.82) is 0 Å². The summed E-state index contributed by atoms with van der Waals surface area (Å²) in [5.41, 5.74) is -0.144. The van der Waals surface area contributed by atoms with Crippen LogP contribution in [0.1, 0.15) is 39.7 Å². The Bertz CT molecular complexity index is 626. The predicted molar refractivity (Wildman–Crippen MR) is 86.0 cm³/mol. The van der Waals surface area contributed by atoms with Crippen LogP contribution in [0, 0.1) is 5.82 Å². The lowest BCUT2D eigenvalue weighted by Crippen LogP contribution is -2.44. The van der Waals surface area contributed by atoms with Crippen LogP contribution in [0.4, 0.5) is 4.39 Å². The molecule has 0 spiro atoms. The van der Waals surface area contributed by atoms with Crippen LogP contribution in [-0.4, -0.2) is 31.9 Å². The number of hydrogen-bond donors (Lipinski definition) is 1. The van der Waals surface area contributed by atoms with Crippen molar-refractivity contribution in [3.8, 4) is 0 Å². The fraction of sp³-hybridized carbons (Fsp3) is 0.562. The number of hydrogen-bond acceptors (Lipinski definition) is 3. The maximum absolute atomic E-state index is 13.8. The second kappa shape index (κ2) is 7.22. The molecule has 0 aliphatic rings. The van der Waals surface area contributed by atoms with Gasteiger partial charge in [0.15, 0.2) is 9.84 Å². The van der Waals surface area contributed by atoms with Gasteiger partial charge in [0, 0.05) is 12.0 Å². The summed E-state index contributed by atoms with van der Waals surface area (Å²) in [5.74, 6) is -0.899. The predicted octanol–water partition coefficient (Wildman–Crippen LogP) is 2.43. The Balaban J connectivity index is 2.77. The van der Waals surface area contributed by atoms with Crippen LogP contribution in [0.3, 0.4) is 0 Å². The molecule has 0 bridgehead atoms. The van der Waals surface area contributed by atoms with Gasteiger partial charge in [0.2, 0.25) is 5.91 Å². The smallest absolute Gasteiger partial charge is 0.238 e. The van der Waals surface area contributed by atoms with Crippen LogP contribution in [0.2, 0.25) is 0 Å². The zero-order valence-corrected chi connectivity index (χ0v) is 14.3. The summed E-state index contributed by atoms with van der Waals surface area (Å²) in [6.07, 6.45) is 0.473. The third-order valence-corrected chi connectivity index (χ3v) is 5.97. The fourth-order valence-corrected chi connectivity index (χ4v) is 3.51. The minimum atomic E-state index is -3.44. The molecule has 1 aromatic rings. The molecule has 124 valence electrons. The van der Waals surface area contributed by atoms with Gasteiger partial charge in [-0.2, -0.15) is 0 Å². The fourth-order valence-electron chi connectivity index (χ4n) is 2.18. The molecule has 1 rings (SSSR count). The Morgan fingerprint density at radius 2 is 1.91 bits per heavy atom. The molecule has 0 radical (unpaired) electrons. The first kappa shape index (κ1) is 18.6. The van der Waals surface area contributed by atoms with Gasteiger partial charge in [0.05, 0.1) is 5.75 Å². The Kier molecular flexibility index (Phi) is 6.11. The molecule has 0 aromatic heterocycles. The molecule has 0 saturated carbocycles. The van der Waals surface area contributed by atoms with Crippen molar-refractivity contribution in [2.75, 3.05) is 12.3 Å². The molecule has 1 atom stereocenters. The molecular formula is C16H24FNO3S. The summed E-state index contributed by atoms with van der Waals surface area (Å²) in [7, 11) is -3.44. The van der Waals surface area contributed by atoms with Crippen molar-refractivity contribution in [3.05, 3.63) is 35.6 Å². The van der Waals surface area contributed by atoms with E-state index in [0.29, 0.717) is 12.0 Å². The van der Waals surface area contributed by atoms with Crippen LogP contribution in [0.15, 0.2) is 24.3 Å². The van der Waals surface area contributed by atoms with Gasteiger partial charge in [-0.15, -0.1) is 0 Å². The number of nitrogens with one attached hydrogen (secondary N) is 1. The third-order valence-electron chi connectivity index (χ3n) is 3.70. The van der Waals surface area contributed by atoms with E-state index < -0.39 is 26.4 Å². The van der Waals surface area contributed by atoms with Gasteiger partial charge in [-0.1, -0.05) is 39.0 Å². The normalized spacial score (nSPS) is 13.7. The van der Waals surface area contributed by atoms with Gasteiger partial charge in [-0.25, -0.2) is 12.8 Å². The average Bonchev–Trinajstić information content (AvgIpc) is 2.44. The number of amides is 1. The van der Waals surface area contributed by atoms with Crippen LogP contribution in [0.5, 0.6) is 0 Å². The highest BCUT2D eigenvalue weighted by Gasteiger charge is 2.30. The second-order valence-corrected chi connectivity index (χ2v) is 8.53. The number of halogens is 1. The molecule has 22 heavy (non-hydrogen) atoms. The van der Waals surface area contributed by atoms with E-state index in [0.717, 1.165) is 0 Å². The first-order chi connectivity index (χ1) is 10.1. The van der Waals surface area contributed by atoms with Gasteiger partial charge in [-0.05, 0) is 25.0 Å². The molecule has 0 saturated heterocycles. The van der Waals surface area contributed by atoms with E-state index in [-0.39, 0.29) is 18.1 Å². The van der Waals surface area contributed by atoms with E-state index in [1.165, 1.54) is 13.0 Å². The topological polar surface area (TPSA) is 63.2 Å². The molecule has 0 aliphatic carbocycles. The zero-order valence-electron chi connectivity index (χ0n) is 13.5. The highest BCUT2D eigenvalue weighted by Crippen LogP contribution is 2.24. The lowest BCUT2D eigenvalue weighted by atomic mass is 9.84. The zero-order chi connectivity index (χ0) is 17.0. The Labute approximate surface area is 132 Å². The van der Waals surface area contributed by atoms with E-state index in [1.807, 2.05) is 0 Å². The summed E-state index contributed by atoms with van der Waals surface area (Å²) in [6.45, 7) is 6.91. The Hall–Kier alpha value is -1.43. The summed E-state index contributed by atoms with van der Waals surface area (Å²) >= 11 is 0. The second-order valence-electron chi connectivity index (χ2n) is 6.09. The quantitative estimate of drug-likeness (QED) is 0.836. The van der Waals surface area contributed by atoms with E-state index in [9.17, 15) is 17.6 Å². The largest absolute Gasteiger partial charge is 0.354 e.